The van der Waals surface area contributed by atoms with Crippen LogP contribution in [0.5, 0.6) is 0 Å². The lowest BCUT2D eigenvalue weighted by Gasteiger charge is -2.22. The summed E-state index contributed by atoms with van der Waals surface area (Å²) >= 11 is 0. The van der Waals surface area contributed by atoms with Gasteiger partial charge in [-0.15, -0.1) is 0 Å². The van der Waals surface area contributed by atoms with Crippen LogP contribution in [0.4, 0.5) is 0 Å². The van der Waals surface area contributed by atoms with Crippen LogP contribution in [0.3, 0.4) is 0 Å². The lowest BCUT2D eigenvalue weighted by molar-refractivity contribution is -0.140. The number of aliphatic hydroxyl groups excluding tert-OH is 1. The molecule has 1 amide bonds. The van der Waals surface area contributed by atoms with Gasteiger partial charge in [-0.1, -0.05) is 49.0 Å². The third-order valence-electron chi connectivity index (χ3n) is 4.79. The van der Waals surface area contributed by atoms with E-state index in [2.05, 4.69) is 16.6 Å². The van der Waals surface area contributed by atoms with Gasteiger partial charge in [-0.2, -0.15) is 0 Å². The zero-order chi connectivity index (χ0) is 20.2. The second kappa shape index (κ2) is 12.0. The van der Waals surface area contributed by atoms with Crippen molar-refractivity contribution in [1.82, 2.24) is 4.90 Å². The number of aliphatic hydroxyl groups is 1. The molecule has 1 aromatic carbocycles. The van der Waals surface area contributed by atoms with Gasteiger partial charge in [-0.05, 0) is 37.5 Å². The molecule has 1 heterocycles. The highest BCUT2D eigenvalue weighted by molar-refractivity contribution is 5.79. The Kier molecular flexibility index (Phi) is 9.30. The number of carbonyl (C=O) groups is 2. The first kappa shape index (κ1) is 21.7. The van der Waals surface area contributed by atoms with E-state index in [1.807, 2.05) is 41.3 Å². The van der Waals surface area contributed by atoms with Gasteiger partial charge in [0.1, 0.15) is 6.10 Å². The molecule has 0 spiro atoms. The molecule has 5 heteroatoms. The van der Waals surface area contributed by atoms with Crippen molar-refractivity contribution in [2.45, 2.75) is 57.1 Å². The Hall–Kier alpha value is -2.58. The molecule has 1 aromatic rings. The molecule has 1 aliphatic heterocycles. The Labute approximate surface area is 167 Å². The van der Waals surface area contributed by atoms with Gasteiger partial charge in [0.2, 0.25) is 5.91 Å². The van der Waals surface area contributed by atoms with E-state index < -0.39 is 6.10 Å². The fraction of sp³-hybridized carbons (Fsp3) is 0.478. The van der Waals surface area contributed by atoms with Crippen molar-refractivity contribution in [2.24, 2.45) is 0 Å². The summed E-state index contributed by atoms with van der Waals surface area (Å²) in [5, 5.41) is 10.1. The van der Waals surface area contributed by atoms with Crippen molar-refractivity contribution in [3.05, 3.63) is 48.0 Å². The highest BCUT2D eigenvalue weighted by Crippen LogP contribution is 2.21. The molecule has 1 fully saturated rings. The van der Waals surface area contributed by atoms with Crippen molar-refractivity contribution >= 4 is 11.9 Å². The number of methoxy groups -OCH3 is 1. The number of ether oxygens (including phenoxy) is 1. The Morgan fingerprint density at radius 1 is 1.29 bits per heavy atom. The molecule has 0 aromatic heterocycles. The van der Waals surface area contributed by atoms with Crippen LogP contribution in [-0.2, 0) is 14.3 Å². The summed E-state index contributed by atoms with van der Waals surface area (Å²) < 4.78 is 4.63. The lowest BCUT2D eigenvalue weighted by Crippen LogP contribution is -2.32. The molecule has 1 saturated heterocycles. The number of likely N-dealkylation sites (tertiary alicyclic amines) is 1. The second-order valence-electron chi connectivity index (χ2n) is 6.90. The number of hydrogen-bond donors (Lipinski definition) is 1. The fourth-order valence-electron chi connectivity index (χ4n) is 3.21. The third-order valence-corrected chi connectivity index (χ3v) is 4.79. The van der Waals surface area contributed by atoms with Gasteiger partial charge in [0.05, 0.1) is 13.2 Å². The van der Waals surface area contributed by atoms with Gasteiger partial charge >= 0.3 is 5.97 Å². The van der Waals surface area contributed by atoms with E-state index in [-0.39, 0.29) is 17.9 Å². The SMILES string of the molecule is COC(=O)CCCCCCN1C(=O)CC[C@@H]1C=C[C@@H](O)C#Cc1ccccc1. The van der Waals surface area contributed by atoms with Gasteiger partial charge in [-0.3, -0.25) is 9.59 Å². The second-order valence-corrected chi connectivity index (χ2v) is 6.90. The molecular weight excluding hydrogens is 354 g/mol. The van der Waals surface area contributed by atoms with E-state index in [0.717, 1.165) is 37.7 Å². The van der Waals surface area contributed by atoms with Crippen molar-refractivity contribution < 1.29 is 19.4 Å². The number of carbonyl (C=O) groups excluding carboxylic acids is 2. The maximum absolute atomic E-state index is 12.1. The molecule has 0 saturated carbocycles. The van der Waals surface area contributed by atoms with Gasteiger partial charge in [0.25, 0.3) is 0 Å². The van der Waals surface area contributed by atoms with E-state index in [0.29, 0.717) is 19.4 Å². The Balaban J connectivity index is 1.75. The average molecular weight is 383 g/mol. The average Bonchev–Trinajstić information content (AvgIpc) is 3.07. The first-order valence-electron chi connectivity index (χ1n) is 9.89. The van der Waals surface area contributed by atoms with Gasteiger partial charge < -0.3 is 14.7 Å². The van der Waals surface area contributed by atoms with Crippen LogP contribution in [0.15, 0.2) is 42.5 Å². The zero-order valence-electron chi connectivity index (χ0n) is 16.5. The molecule has 2 atom stereocenters. The summed E-state index contributed by atoms with van der Waals surface area (Å²) in [6.07, 6.45) is 8.13. The monoisotopic (exact) mass is 383 g/mol. The first-order chi connectivity index (χ1) is 13.6. The Bertz CT molecular complexity index is 717. The van der Waals surface area contributed by atoms with Crippen LogP contribution in [0, 0.1) is 11.8 Å². The normalized spacial score (nSPS) is 17.4. The molecule has 150 valence electrons. The van der Waals surface area contributed by atoms with Crippen LogP contribution < -0.4 is 0 Å². The van der Waals surface area contributed by atoms with E-state index >= 15 is 0 Å². The smallest absolute Gasteiger partial charge is 0.305 e. The zero-order valence-corrected chi connectivity index (χ0v) is 16.5. The molecular formula is C23H29NO4. The highest BCUT2D eigenvalue weighted by Gasteiger charge is 2.28. The summed E-state index contributed by atoms with van der Waals surface area (Å²) in [5.74, 6) is 5.74. The number of nitrogens with zero attached hydrogens (tertiary/aromatic N) is 1. The molecule has 1 N–H and O–H groups in total. The van der Waals surface area contributed by atoms with Crippen LogP contribution in [0.1, 0.15) is 50.5 Å². The minimum Gasteiger partial charge on any atom is -0.469 e. The molecule has 0 aliphatic carbocycles. The van der Waals surface area contributed by atoms with Crippen LogP contribution >= 0.6 is 0 Å². The van der Waals surface area contributed by atoms with Gasteiger partial charge in [-0.25, -0.2) is 0 Å². The van der Waals surface area contributed by atoms with E-state index in [1.165, 1.54) is 7.11 Å². The van der Waals surface area contributed by atoms with Crippen LogP contribution in [0.25, 0.3) is 0 Å². The molecule has 28 heavy (non-hydrogen) atoms. The highest BCUT2D eigenvalue weighted by atomic mass is 16.5. The number of hydrogen-bond acceptors (Lipinski definition) is 4. The Morgan fingerprint density at radius 3 is 2.79 bits per heavy atom. The molecule has 0 radical (unpaired) electrons. The van der Waals surface area contributed by atoms with Crippen LogP contribution in [0.2, 0.25) is 0 Å². The predicted octanol–water partition coefficient (Wildman–Crippen LogP) is 3.07. The maximum Gasteiger partial charge on any atom is 0.305 e. The van der Waals surface area contributed by atoms with Gasteiger partial charge in [0, 0.05) is 24.9 Å². The predicted molar refractivity (Wildman–Crippen MR) is 108 cm³/mol. The number of unbranched alkanes of at least 4 members (excludes halogenated alkanes) is 3. The quantitative estimate of drug-likeness (QED) is 0.308. The number of benzene rings is 1. The van der Waals surface area contributed by atoms with Crippen molar-refractivity contribution in [1.29, 1.82) is 0 Å². The Morgan fingerprint density at radius 2 is 2.04 bits per heavy atom. The minimum absolute atomic E-state index is 0.0238. The number of amides is 1. The van der Waals surface area contributed by atoms with E-state index in [1.54, 1.807) is 6.08 Å². The van der Waals surface area contributed by atoms with Gasteiger partial charge in [0.15, 0.2) is 0 Å². The summed E-state index contributed by atoms with van der Waals surface area (Å²) in [4.78, 5) is 25.1. The van der Waals surface area contributed by atoms with E-state index in [4.69, 9.17) is 0 Å². The summed E-state index contributed by atoms with van der Waals surface area (Å²) in [5.41, 5.74) is 0.861. The summed E-state index contributed by atoms with van der Waals surface area (Å²) in [6, 6.07) is 9.55. The van der Waals surface area contributed by atoms with Crippen molar-refractivity contribution in [2.75, 3.05) is 13.7 Å². The largest absolute Gasteiger partial charge is 0.469 e. The fourth-order valence-corrected chi connectivity index (χ4v) is 3.21. The standard InChI is InChI=1S/C23H29NO4/c1-28-23(27)11-7-2-3-8-18-24-20(14-17-22(24)26)13-16-21(25)15-12-19-9-5-4-6-10-19/h4-6,9-10,13,16,20-21,25H,2-3,7-8,11,14,17-18H2,1H3/t20-,21-/m0/s1. The van der Waals surface area contributed by atoms with E-state index in [9.17, 15) is 14.7 Å². The number of rotatable bonds is 9. The minimum atomic E-state index is -0.851. The molecule has 5 nitrogen and oxygen atoms in total. The maximum atomic E-state index is 12.1. The first-order valence-corrected chi connectivity index (χ1v) is 9.89. The van der Waals surface area contributed by atoms with Crippen molar-refractivity contribution in [3.63, 3.8) is 0 Å². The molecule has 1 aliphatic rings. The van der Waals surface area contributed by atoms with Crippen molar-refractivity contribution in [3.8, 4) is 11.8 Å². The molecule has 0 unspecified atom stereocenters. The summed E-state index contributed by atoms with van der Waals surface area (Å²) in [7, 11) is 1.40. The number of esters is 1. The third kappa shape index (κ3) is 7.58. The topological polar surface area (TPSA) is 66.8 Å². The summed E-state index contributed by atoms with van der Waals surface area (Å²) in [6.45, 7) is 0.706. The van der Waals surface area contributed by atoms with Crippen LogP contribution in [-0.4, -0.2) is 47.7 Å². The molecule has 0 bridgehead atoms. The lowest BCUT2D eigenvalue weighted by atomic mass is 10.1. The molecule has 2 rings (SSSR count).